The molecule has 2 N–H and O–H groups in total. The normalized spacial score (nSPS) is 15.7. The molecule has 1 aliphatic rings. The molecule has 1 saturated carbocycles. The van der Waals surface area contributed by atoms with Crippen LogP contribution in [0.1, 0.15) is 32.6 Å². The number of benzene rings is 1. The maximum Gasteiger partial charge on any atom is 0.191 e. The molecule has 1 aromatic carbocycles. The van der Waals surface area contributed by atoms with Gasteiger partial charge in [0, 0.05) is 26.8 Å². The molecule has 6 heteroatoms. The smallest absolute Gasteiger partial charge is 0.191 e. The number of hydrogen-bond acceptors (Lipinski definition) is 3. The third kappa shape index (κ3) is 7.81. The zero-order valence-electron chi connectivity index (χ0n) is 15.4. The molecule has 1 fully saturated rings. The second kappa shape index (κ2) is 12.4. The summed E-state index contributed by atoms with van der Waals surface area (Å²) in [7, 11) is 1.77. The van der Waals surface area contributed by atoms with Gasteiger partial charge >= 0.3 is 0 Å². The number of guanidine groups is 1. The average Bonchev–Trinajstić information content (AvgIpc) is 2.58. The Kier molecular flexibility index (Phi) is 10.9. The van der Waals surface area contributed by atoms with Crippen molar-refractivity contribution in [2.45, 2.75) is 32.6 Å². The average molecular weight is 461 g/mol. The minimum absolute atomic E-state index is 0. The minimum Gasteiger partial charge on any atom is -0.492 e. The molecular formula is C19H32IN3O2. The predicted molar refractivity (Wildman–Crippen MR) is 114 cm³/mol. The van der Waals surface area contributed by atoms with Gasteiger partial charge in [0.25, 0.3) is 0 Å². The van der Waals surface area contributed by atoms with Crippen LogP contribution in [0.2, 0.25) is 0 Å². The molecule has 25 heavy (non-hydrogen) atoms. The highest BCUT2D eigenvalue weighted by atomic mass is 127. The Morgan fingerprint density at radius 1 is 1.16 bits per heavy atom. The lowest BCUT2D eigenvalue weighted by molar-refractivity contribution is 0.0778. The van der Waals surface area contributed by atoms with Crippen molar-refractivity contribution in [2.75, 3.05) is 40.0 Å². The van der Waals surface area contributed by atoms with Gasteiger partial charge < -0.3 is 20.1 Å². The third-order valence-electron chi connectivity index (χ3n) is 4.57. The van der Waals surface area contributed by atoms with Gasteiger partial charge in [0.05, 0.1) is 6.54 Å². The van der Waals surface area contributed by atoms with Gasteiger partial charge in [0.2, 0.25) is 0 Å². The Bertz CT molecular complexity index is 493. The van der Waals surface area contributed by atoms with E-state index in [-0.39, 0.29) is 24.0 Å². The second-order valence-electron chi connectivity index (χ2n) is 6.38. The van der Waals surface area contributed by atoms with Gasteiger partial charge in [-0.15, -0.1) is 24.0 Å². The molecule has 0 spiro atoms. The van der Waals surface area contributed by atoms with E-state index in [2.05, 4.69) is 17.6 Å². The fourth-order valence-corrected chi connectivity index (χ4v) is 2.93. The standard InChI is InChI=1S/C19H31N3O2.HI/c1-3-20-18(21-13-15-24-17-8-5-4-6-9-17)22-16-19(10-7-11-19)12-14-23-2;/h4-6,8-9H,3,7,10-16H2,1-2H3,(H2,20,21,22);1H. The largest absolute Gasteiger partial charge is 0.492 e. The molecule has 0 bridgehead atoms. The summed E-state index contributed by atoms with van der Waals surface area (Å²) in [6.45, 7) is 5.98. The number of hydrogen-bond donors (Lipinski definition) is 2. The van der Waals surface area contributed by atoms with Crippen LogP contribution in [0.3, 0.4) is 0 Å². The number of para-hydroxylation sites is 1. The SMILES string of the molecule is CCNC(=NCC1(CCOC)CCC1)NCCOc1ccccc1.I. The van der Waals surface area contributed by atoms with Crippen LogP contribution < -0.4 is 15.4 Å². The number of halogens is 1. The lowest BCUT2D eigenvalue weighted by Crippen LogP contribution is -2.41. The van der Waals surface area contributed by atoms with E-state index in [0.29, 0.717) is 12.0 Å². The van der Waals surface area contributed by atoms with Gasteiger partial charge in [-0.05, 0) is 43.7 Å². The number of nitrogens with one attached hydrogen (secondary N) is 2. The second-order valence-corrected chi connectivity index (χ2v) is 6.38. The quantitative estimate of drug-likeness (QED) is 0.243. The van der Waals surface area contributed by atoms with Crippen LogP contribution in [0, 0.1) is 5.41 Å². The van der Waals surface area contributed by atoms with Crippen LogP contribution in [-0.4, -0.2) is 45.9 Å². The molecule has 0 radical (unpaired) electrons. The third-order valence-corrected chi connectivity index (χ3v) is 4.57. The monoisotopic (exact) mass is 461 g/mol. The van der Waals surface area contributed by atoms with Crippen LogP contribution in [0.15, 0.2) is 35.3 Å². The minimum atomic E-state index is 0. The summed E-state index contributed by atoms with van der Waals surface area (Å²) in [5, 5.41) is 6.66. The Labute approximate surface area is 169 Å². The summed E-state index contributed by atoms with van der Waals surface area (Å²) in [6, 6.07) is 9.88. The van der Waals surface area contributed by atoms with E-state index < -0.39 is 0 Å². The summed E-state index contributed by atoms with van der Waals surface area (Å²) in [5.74, 6) is 1.77. The first-order valence-corrected chi connectivity index (χ1v) is 8.97. The van der Waals surface area contributed by atoms with Crippen LogP contribution in [0.5, 0.6) is 5.75 Å². The van der Waals surface area contributed by atoms with Crippen LogP contribution in [0.4, 0.5) is 0 Å². The molecule has 0 unspecified atom stereocenters. The van der Waals surface area contributed by atoms with Gasteiger partial charge in [0.1, 0.15) is 12.4 Å². The Balaban J connectivity index is 0.00000312. The van der Waals surface area contributed by atoms with Crippen molar-refractivity contribution in [1.29, 1.82) is 0 Å². The van der Waals surface area contributed by atoms with Crippen LogP contribution >= 0.6 is 24.0 Å². The first kappa shape index (κ1) is 22.0. The molecule has 142 valence electrons. The lowest BCUT2D eigenvalue weighted by atomic mass is 9.67. The van der Waals surface area contributed by atoms with Gasteiger partial charge in [-0.2, -0.15) is 0 Å². The van der Waals surface area contributed by atoms with Crippen molar-refractivity contribution in [2.24, 2.45) is 10.4 Å². The first-order valence-electron chi connectivity index (χ1n) is 8.97. The summed E-state index contributed by atoms with van der Waals surface area (Å²) < 4.78 is 11.0. The van der Waals surface area contributed by atoms with Gasteiger partial charge in [-0.1, -0.05) is 24.6 Å². The van der Waals surface area contributed by atoms with E-state index in [0.717, 1.165) is 44.4 Å². The Hall–Kier alpha value is -1.02. The summed E-state index contributed by atoms with van der Waals surface area (Å²) in [5.41, 5.74) is 0.346. The van der Waals surface area contributed by atoms with E-state index in [1.165, 1.54) is 19.3 Å². The van der Waals surface area contributed by atoms with E-state index in [1.54, 1.807) is 7.11 Å². The van der Waals surface area contributed by atoms with Crippen LogP contribution in [0.25, 0.3) is 0 Å². The number of methoxy groups -OCH3 is 1. The summed E-state index contributed by atoms with van der Waals surface area (Å²) in [6.07, 6.45) is 4.93. The fraction of sp³-hybridized carbons (Fsp3) is 0.632. The van der Waals surface area contributed by atoms with Gasteiger partial charge in [0.15, 0.2) is 5.96 Å². The topological polar surface area (TPSA) is 54.9 Å². The van der Waals surface area contributed by atoms with E-state index in [4.69, 9.17) is 14.5 Å². The number of ether oxygens (including phenoxy) is 2. The van der Waals surface area contributed by atoms with Crippen LogP contribution in [-0.2, 0) is 4.74 Å². The predicted octanol–water partition coefficient (Wildman–Crippen LogP) is 3.45. The van der Waals surface area contributed by atoms with Crippen molar-refractivity contribution in [3.8, 4) is 5.75 Å². The van der Waals surface area contributed by atoms with Gasteiger partial charge in [-0.25, -0.2) is 0 Å². The molecule has 0 amide bonds. The van der Waals surface area contributed by atoms with Crippen molar-refractivity contribution >= 4 is 29.9 Å². The molecular weight excluding hydrogens is 429 g/mol. The molecule has 5 nitrogen and oxygen atoms in total. The molecule has 0 aliphatic heterocycles. The molecule has 1 aromatic rings. The van der Waals surface area contributed by atoms with Crippen molar-refractivity contribution < 1.29 is 9.47 Å². The number of rotatable bonds is 10. The fourth-order valence-electron chi connectivity index (χ4n) is 2.93. The summed E-state index contributed by atoms with van der Waals surface area (Å²) in [4.78, 5) is 4.79. The zero-order valence-corrected chi connectivity index (χ0v) is 17.8. The van der Waals surface area contributed by atoms with Gasteiger partial charge in [-0.3, -0.25) is 4.99 Å². The number of nitrogens with zero attached hydrogens (tertiary/aromatic N) is 1. The first-order chi connectivity index (χ1) is 11.8. The Morgan fingerprint density at radius 3 is 2.52 bits per heavy atom. The molecule has 0 aromatic heterocycles. The van der Waals surface area contributed by atoms with Crippen molar-refractivity contribution in [3.05, 3.63) is 30.3 Å². The molecule has 1 aliphatic carbocycles. The van der Waals surface area contributed by atoms with E-state index >= 15 is 0 Å². The summed E-state index contributed by atoms with van der Waals surface area (Å²) >= 11 is 0. The van der Waals surface area contributed by atoms with Crippen molar-refractivity contribution in [1.82, 2.24) is 10.6 Å². The highest BCUT2D eigenvalue weighted by molar-refractivity contribution is 14.0. The molecule has 0 heterocycles. The highest BCUT2D eigenvalue weighted by Crippen LogP contribution is 2.44. The lowest BCUT2D eigenvalue weighted by Gasteiger charge is -2.40. The zero-order chi connectivity index (χ0) is 17.1. The maximum atomic E-state index is 5.70. The number of aliphatic imine (C=N–C) groups is 1. The van der Waals surface area contributed by atoms with E-state index in [1.807, 2.05) is 30.3 Å². The van der Waals surface area contributed by atoms with E-state index in [9.17, 15) is 0 Å². The highest BCUT2D eigenvalue weighted by Gasteiger charge is 2.36. The maximum absolute atomic E-state index is 5.70. The molecule has 0 atom stereocenters. The molecule has 2 rings (SSSR count). The Morgan fingerprint density at radius 2 is 1.92 bits per heavy atom. The molecule has 0 saturated heterocycles. The van der Waals surface area contributed by atoms with Crippen molar-refractivity contribution in [3.63, 3.8) is 0 Å².